The minimum absolute atomic E-state index is 0. The van der Waals surface area contributed by atoms with Crippen LogP contribution in [0.3, 0.4) is 0 Å². The quantitative estimate of drug-likeness (QED) is 0.0738. The van der Waals surface area contributed by atoms with Crippen molar-refractivity contribution in [3.8, 4) is 11.5 Å². The van der Waals surface area contributed by atoms with E-state index in [0.29, 0.717) is 79.7 Å². The van der Waals surface area contributed by atoms with Gasteiger partial charge in [0.1, 0.15) is 17.1 Å². The number of likely N-dealkylation sites (tertiary alicyclic amines) is 4. The van der Waals surface area contributed by atoms with E-state index in [1.54, 1.807) is 51.1 Å². The summed E-state index contributed by atoms with van der Waals surface area (Å²) >= 11 is 12.3. The zero-order valence-corrected chi connectivity index (χ0v) is 45.6. The molecule has 4 heterocycles. The van der Waals surface area contributed by atoms with Crippen LogP contribution in [0.1, 0.15) is 109 Å². The highest BCUT2D eigenvalue weighted by molar-refractivity contribution is 6.31. The summed E-state index contributed by atoms with van der Waals surface area (Å²) in [6, 6.07) is 10.4. The van der Waals surface area contributed by atoms with Gasteiger partial charge in [0.25, 0.3) is 12.2 Å². The summed E-state index contributed by atoms with van der Waals surface area (Å²) < 4.78 is 178. The van der Waals surface area contributed by atoms with Crippen LogP contribution in [-0.4, -0.2) is 155 Å². The van der Waals surface area contributed by atoms with Gasteiger partial charge < -0.3 is 38.6 Å². The van der Waals surface area contributed by atoms with E-state index in [9.17, 15) is 71.9 Å². The van der Waals surface area contributed by atoms with Gasteiger partial charge in [0.15, 0.2) is 0 Å². The van der Waals surface area contributed by atoms with Crippen LogP contribution < -0.4 is 9.47 Å². The summed E-state index contributed by atoms with van der Waals surface area (Å²) in [5, 5.41) is 9.70. The monoisotopic (exact) mass is 1210 g/mol. The molecule has 14 nitrogen and oxygen atoms in total. The molecular weight excluding hydrogens is 1150 g/mol. The third kappa shape index (κ3) is 19.6. The van der Waals surface area contributed by atoms with E-state index in [0.717, 1.165) is 53.2 Å². The number of hydrogen-bond donors (Lipinski definition) is 1. The largest absolute Gasteiger partial charge is 0.493 e. The molecule has 0 saturated carbocycles. The molecule has 29 heteroatoms. The molecule has 0 atom stereocenters. The van der Waals surface area contributed by atoms with Gasteiger partial charge in [-0.3, -0.25) is 19.4 Å². The van der Waals surface area contributed by atoms with Crippen LogP contribution in [0.5, 0.6) is 11.5 Å². The molecule has 4 saturated heterocycles. The Labute approximate surface area is 464 Å². The summed E-state index contributed by atoms with van der Waals surface area (Å²) in [4.78, 5) is 53.2. The van der Waals surface area contributed by atoms with E-state index in [2.05, 4.69) is 19.3 Å². The van der Waals surface area contributed by atoms with Crippen molar-refractivity contribution in [3.05, 3.63) is 57.6 Å². The highest BCUT2D eigenvalue weighted by Gasteiger charge is 2.62. The normalized spacial score (nSPS) is 18.1. The van der Waals surface area contributed by atoms with Crippen molar-refractivity contribution < 1.29 is 101 Å². The highest BCUT2D eigenvalue weighted by atomic mass is 35.5. The number of carbonyl (C=O) groups excluding carboxylic acids is 3. The number of piperidine rings is 2. The number of rotatable bonds is 16. The van der Waals surface area contributed by atoms with Gasteiger partial charge in [0.05, 0.1) is 13.2 Å². The van der Waals surface area contributed by atoms with Crippen molar-refractivity contribution in [2.45, 2.75) is 165 Å². The Kier molecular flexibility index (Phi) is 23.3. The van der Waals surface area contributed by atoms with Crippen molar-refractivity contribution in [2.75, 3.05) is 52.5 Å². The van der Waals surface area contributed by atoms with Crippen molar-refractivity contribution in [2.24, 2.45) is 0 Å². The number of esters is 1. The van der Waals surface area contributed by atoms with Crippen molar-refractivity contribution in [1.29, 1.82) is 0 Å². The van der Waals surface area contributed by atoms with Crippen molar-refractivity contribution in [1.82, 2.24) is 19.6 Å². The number of aliphatic carboxylic acids is 1. The summed E-state index contributed by atoms with van der Waals surface area (Å²) in [5.74, 6) is -0.202. The number of carboxylic acids is 1. The fraction of sp³-hybridized carbons (Fsp3) is 0.680. The first-order valence-electron chi connectivity index (χ1n) is 25.0. The van der Waals surface area contributed by atoms with Crippen LogP contribution in [-0.2, 0) is 36.9 Å². The average Bonchev–Trinajstić information content (AvgIpc) is 3.90. The van der Waals surface area contributed by atoms with Crippen LogP contribution in [0.25, 0.3) is 0 Å². The Morgan fingerprint density at radius 2 is 0.924 bits per heavy atom. The molecule has 2 aromatic rings. The molecule has 0 unspecified atom stereocenters. The number of hydrogen-bond acceptors (Lipinski definition) is 11. The molecule has 448 valence electrons. The van der Waals surface area contributed by atoms with E-state index in [1.807, 2.05) is 6.07 Å². The number of ether oxygens (including phenoxy) is 5. The Balaban J connectivity index is 0.000000338. The van der Waals surface area contributed by atoms with Gasteiger partial charge in [-0.2, -0.15) is 52.7 Å². The topological polar surface area (TPSA) is 148 Å². The van der Waals surface area contributed by atoms with Crippen molar-refractivity contribution >= 4 is 59.7 Å². The van der Waals surface area contributed by atoms with Gasteiger partial charge in [-0.25, -0.2) is 9.59 Å². The number of carbonyl (C=O) groups is 4. The lowest BCUT2D eigenvalue weighted by Crippen LogP contribution is -2.54. The standard InChI is InChI=1S/C27H35ClF6N2O5.C23H27ClF6N2O5.ClH/c1-24(2,3)41-21(37)6-4-15-39-20-16-19(28)8-7-18(20)17-36-12-5-9-25(36)10-13-35(14-11-25)23(38)40-22(26(29,30)31)27(32,33)34;24-16-5-4-15(17(13-16)36-12-1-3-18(33)34)14-32-9-2-6-21(32)7-10-31(11-8-21)20(35)37-19(22(25,26)27)23(28,29)30;/h7-8,16,22H,4-6,9-15,17H2,1-3H3;4-5,13,19H,1-3,6-12,14H2,(H,33,34);1H. The van der Waals surface area contributed by atoms with Gasteiger partial charge in [0.2, 0.25) is 0 Å². The SMILES string of the molecule is CC(C)(C)OC(=O)CCCOc1cc(Cl)ccc1CN1CCCC12CCN(C(=O)OC(C(F)(F)F)C(F)(F)F)CC2.Cl.O=C(O)CCCOc1cc(Cl)ccc1CN1CCCC12CCN(C(=O)OC(C(F)(F)F)C(F)(F)F)CC2. The van der Waals surface area contributed by atoms with Gasteiger partial charge in [-0.15, -0.1) is 12.4 Å². The first-order valence-corrected chi connectivity index (χ1v) is 25.8. The summed E-state index contributed by atoms with van der Waals surface area (Å²) in [7, 11) is 0. The van der Waals surface area contributed by atoms with Gasteiger partial charge >= 0.3 is 48.8 Å². The van der Waals surface area contributed by atoms with Crippen molar-refractivity contribution in [3.63, 3.8) is 0 Å². The number of nitrogens with zero attached hydrogens (tertiary/aromatic N) is 4. The smallest absolute Gasteiger partial charge is 0.434 e. The second-order valence-electron chi connectivity index (χ2n) is 20.6. The Morgan fingerprint density at radius 3 is 1.25 bits per heavy atom. The maximum absolute atomic E-state index is 12.8. The first-order chi connectivity index (χ1) is 36.1. The zero-order chi connectivity index (χ0) is 58.1. The Bertz CT molecular complexity index is 2330. The molecule has 2 spiro atoms. The third-order valence-corrected chi connectivity index (χ3v) is 14.3. The number of amides is 2. The second kappa shape index (κ2) is 27.5. The number of benzene rings is 2. The molecule has 0 radical (unpaired) electrons. The summed E-state index contributed by atoms with van der Waals surface area (Å²) in [5.41, 5.74) is 0.311. The lowest BCUT2D eigenvalue weighted by molar-refractivity contribution is -0.309. The molecule has 4 fully saturated rings. The molecule has 0 bridgehead atoms. The first kappa shape index (κ1) is 67.0. The number of carboxylic acid groups (broad SMARTS) is 1. The van der Waals surface area contributed by atoms with Crippen LogP contribution >= 0.6 is 35.6 Å². The molecule has 4 aliphatic heterocycles. The highest BCUT2D eigenvalue weighted by Crippen LogP contribution is 2.44. The van der Waals surface area contributed by atoms with E-state index in [4.69, 9.17) is 42.5 Å². The maximum atomic E-state index is 12.8. The zero-order valence-electron chi connectivity index (χ0n) is 43.3. The lowest BCUT2D eigenvalue weighted by atomic mass is 9.85. The second-order valence-corrected chi connectivity index (χ2v) is 21.4. The third-order valence-electron chi connectivity index (χ3n) is 13.8. The predicted molar refractivity (Wildman–Crippen MR) is 264 cm³/mol. The molecule has 0 aliphatic carbocycles. The minimum Gasteiger partial charge on any atom is -0.493 e. The van der Waals surface area contributed by atoms with E-state index >= 15 is 0 Å². The van der Waals surface area contributed by atoms with Crippen LogP contribution in [0.4, 0.5) is 62.3 Å². The molecule has 6 rings (SSSR count). The fourth-order valence-electron chi connectivity index (χ4n) is 10.0. The molecule has 79 heavy (non-hydrogen) atoms. The molecule has 2 amide bonds. The van der Waals surface area contributed by atoms with Gasteiger partial charge in [-0.05, 0) is 122 Å². The predicted octanol–water partition coefficient (Wildman–Crippen LogP) is 13.0. The van der Waals surface area contributed by atoms with E-state index in [-0.39, 0.29) is 81.7 Å². The molecule has 4 aliphatic rings. The van der Waals surface area contributed by atoms with E-state index < -0.39 is 60.7 Å². The minimum atomic E-state index is -5.76. The van der Waals surface area contributed by atoms with Crippen LogP contribution in [0.15, 0.2) is 36.4 Å². The van der Waals surface area contributed by atoms with Gasteiger partial charge in [-0.1, -0.05) is 35.3 Å². The Hall–Kier alpha value is -4.53. The molecular formula is C50H63Cl3F12N4O10. The maximum Gasteiger partial charge on any atom is 0.434 e. The molecule has 2 aromatic carbocycles. The number of halogens is 15. The fourth-order valence-corrected chi connectivity index (χ4v) is 10.3. The summed E-state index contributed by atoms with van der Waals surface area (Å²) in [6.45, 7) is 7.97. The van der Waals surface area contributed by atoms with Crippen LogP contribution in [0.2, 0.25) is 10.0 Å². The molecule has 1 N–H and O–H groups in total. The average molecular weight is 1210 g/mol. The summed E-state index contributed by atoms with van der Waals surface area (Å²) in [6.07, 6.45) is -29.2. The van der Waals surface area contributed by atoms with E-state index in [1.165, 1.54) is 0 Å². The van der Waals surface area contributed by atoms with Crippen LogP contribution in [0, 0.1) is 0 Å². The Morgan fingerprint density at radius 1 is 0.570 bits per heavy atom. The lowest BCUT2D eigenvalue weighted by Gasteiger charge is -2.45. The molecule has 0 aromatic heterocycles. The van der Waals surface area contributed by atoms with Gasteiger partial charge in [0, 0.05) is 84.4 Å². The number of alkyl halides is 12.